The van der Waals surface area contributed by atoms with Crippen LogP contribution in [0.5, 0.6) is 0 Å². The fraction of sp³-hybridized carbons (Fsp3) is 0.500. The summed E-state index contributed by atoms with van der Waals surface area (Å²) in [5, 5.41) is 19.0. The Hall–Kier alpha value is -1.78. The monoisotopic (exact) mass is 301 g/mol. The first-order valence-corrected chi connectivity index (χ1v) is 7.36. The van der Waals surface area contributed by atoms with Crippen molar-refractivity contribution in [3.63, 3.8) is 0 Å². The van der Waals surface area contributed by atoms with Crippen LogP contribution >= 0.6 is 0 Å². The zero-order valence-corrected chi connectivity index (χ0v) is 11.9. The molecule has 3 N–H and O–H groups in total. The summed E-state index contributed by atoms with van der Waals surface area (Å²) < 4.78 is 31.5. The second-order valence-electron chi connectivity index (χ2n) is 4.16. The lowest BCUT2D eigenvalue weighted by molar-refractivity contribution is 0.273. The lowest BCUT2D eigenvalue weighted by Gasteiger charge is -2.06. The smallest absolute Gasteiger partial charge is 0.244 e. The van der Waals surface area contributed by atoms with Crippen LogP contribution in [0.25, 0.3) is 0 Å². The third-order valence-electron chi connectivity index (χ3n) is 2.59. The quantitative estimate of drug-likeness (QED) is 0.650. The van der Waals surface area contributed by atoms with Crippen LogP contribution in [0.4, 0.5) is 0 Å². The van der Waals surface area contributed by atoms with E-state index in [4.69, 9.17) is 9.63 Å². The van der Waals surface area contributed by atoms with Gasteiger partial charge in [0.1, 0.15) is 10.6 Å². The molecule has 0 aromatic carbocycles. The van der Waals surface area contributed by atoms with E-state index < -0.39 is 16.6 Å². The zero-order chi connectivity index (χ0) is 14.8. The Morgan fingerprint density at radius 3 is 2.75 bits per heavy atom. The van der Waals surface area contributed by atoms with Gasteiger partial charge in [-0.3, -0.25) is 5.10 Å². The van der Waals surface area contributed by atoms with E-state index in [1.807, 2.05) is 0 Å². The van der Waals surface area contributed by atoms with Gasteiger partial charge in [-0.1, -0.05) is 5.16 Å². The van der Waals surface area contributed by atoms with Gasteiger partial charge in [0.2, 0.25) is 15.9 Å². The van der Waals surface area contributed by atoms with Crippen LogP contribution in [-0.2, 0) is 23.1 Å². The van der Waals surface area contributed by atoms with E-state index in [1.54, 1.807) is 13.8 Å². The highest BCUT2D eigenvalue weighted by molar-refractivity contribution is 7.89. The third-order valence-corrected chi connectivity index (χ3v) is 4.25. The van der Waals surface area contributed by atoms with Crippen LogP contribution in [0.1, 0.15) is 23.1 Å². The molecule has 0 spiro atoms. The summed E-state index contributed by atoms with van der Waals surface area (Å²) in [6.45, 7) is 2.90. The van der Waals surface area contributed by atoms with Gasteiger partial charge in [0.25, 0.3) is 0 Å². The van der Waals surface area contributed by atoms with Crippen LogP contribution in [-0.4, -0.2) is 40.4 Å². The maximum absolute atomic E-state index is 12.1. The van der Waals surface area contributed by atoms with E-state index in [0.29, 0.717) is 23.8 Å². The van der Waals surface area contributed by atoms with Crippen molar-refractivity contribution in [2.45, 2.75) is 31.8 Å². The van der Waals surface area contributed by atoms with Crippen LogP contribution < -0.4 is 4.72 Å². The van der Waals surface area contributed by atoms with Gasteiger partial charge in [-0.05, 0) is 6.92 Å². The maximum Gasteiger partial charge on any atom is 0.244 e. The van der Waals surface area contributed by atoms with E-state index in [2.05, 4.69) is 25.1 Å². The van der Waals surface area contributed by atoms with Crippen molar-refractivity contribution < 1.29 is 18.0 Å². The highest BCUT2D eigenvalue weighted by Crippen LogP contribution is 2.17. The van der Waals surface area contributed by atoms with Crippen molar-refractivity contribution in [1.82, 2.24) is 25.1 Å². The molecular weight excluding hydrogens is 286 g/mol. The number of sulfonamides is 1. The number of H-pyrrole nitrogens is 1. The Morgan fingerprint density at radius 1 is 1.40 bits per heavy atom. The molecule has 2 heterocycles. The molecule has 2 aromatic heterocycles. The molecule has 0 bridgehead atoms. The van der Waals surface area contributed by atoms with Crippen LogP contribution in [0.2, 0.25) is 0 Å². The Balaban J connectivity index is 2.06. The summed E-state index contributed by atoms with van der Waals surface area (Å²) >= 11 is 0. The first-order chi connectivity index (χ1) is 9.44. The number of aryl methyl sites for hydroxylation is 2. The SMILES string of the molecule is Cc1nc(CCNS(=O)(=O)c2c(CO)n[nH]c2C)no1. The summed E-state index contributed by atoms with van der Waals surface area (Å²) in [7, 11) is -3.74. The van der Waals surface area contributed by atoms with Crippen molar-refractivity contribution in [2.24, 2.45) is 0 Å². The number of nitrogens with one attached hydrogen (secondary N) is 2. The largest absolute Gasteiger partial charge is 0.390 e. The summed E-state index contributed by atoms with van der Waals surface area (Å²) in [6, 6.07) is 0. The lowest BCUT2D eigenvalue weighted by Crippen LogP contribution is -2.27. The molecule has 0 saturated carbocycles. The average Bonchev–Trinajstić information content (AvgIpc) is 2.95. The van der Waals surface area contributed by atoms with E-state index in [-0.39, 0.29) is 17.1 Å². The van der Waals surface area contributed by atoms with E-state index in [9.17, 15) is 8.42 Å². The van der Waals surface area contributed by atoms with Gasteiger partial charge < -0.3 is 9.63 Å². The zero-order valence-electron chi connectivity index (χ0n) is 11.0. The second-order valence-corrected chi connectivity index (χ2v) is 5.86. The van der Waals surface area contributed by atoms with Gasteiger partial charge in [0.05, 0.1) is 12.3 Å². The van der Waals surface area contributed by atoms with Gasteiger partial charge in [0, 0.05) is 19.9 Å². The number of aromatic amines is 1. The number of hydrogen-bond acceptors (Lipinski definition) is 7. The Labute approximate surface area is 115 Å². The van der Waals surface area contributed by atoms with E-state index in [1.165, 1.54) is 0 Å². The number of aliphatic hydroxyl groups excluding tert-OH is 1. The predicted molar refractivity (Wildman–Crippen MR) is 67.2 cm³/mol. The molecule has 0 aliphatic heterocycles. The molecular formula is C10H15N5O4S. The number of aliphatic hydroxyl groups is 1. The fourth-order valence-electron chi connectivity index (χ4n) is 1.75. The Kier molecular flexibility index (Phi) is 4.16. The molecule has 0 fully saturated rings. The third kappa shape index (κ3) is 3.03. The standard InChI is InChI=1S/C10H15N5O4S/c1-6-10(8(5-16)14-13-6)20(17,18)11-4-3-9-12-7(2)19-15-9/h11,16H,3-5H2,1-2H3,(H,13,14). The summed E-state index contributed by atoms with van der Waals surface area (Å²) in [5.41, 5.74) is 0.461. The first kappa shape index (κ1) is 14.6. The predicted octanol–water partition coefficient (Wildman–Crippen LogP) is -0.577. The van der Waals surface area contributed by atoms with Gasteiger partial charge in [-0.2, -0.15) is 10.1 Å². The highest BCUT2D eigenvalue weighted by Gasteiger charge is 2.23. The minimum Gasteiger partial charge on any atom is -0.390 e. The molecule has 0 atom stereocenters. The molecule has 0 saturated heterocycles. The van der Waals surface area contributed by atoms with Crippen LogP contribution in [0.15, 0.2) is 9.42 Å². The normalized spacial score (nSPS) is 11.9. The van der Waals surface area contributed by atoms with Crippen molar-refractivity contribution in [3.8, 4) is 0 Å². The lowest BCUT2D eigenvalue weighted by atomic mass is 10.4. The fourth-order valence-corrected chi connectivity index (χ4v) is 3.13. The molecule has 2 aromatic rings. The number of nitrogens with zero attached hydrogens (tertiary/aromatic N) is 3. The minimum atomic E-state index is -3.74. The maximum atomic E-state index is 12.1. The molecule has 0 radical (unpaired) electrons. The van der Waals surface area contributed by atoms with Crippen molar-refractivity contribution in [3.05, 3.63) is 23.1 Å². The summed E-state index contributed by atoms with van der Waals surface area (Å²) in [5.74, 6) is 0.854. The highest BCUT2D eigenvalue weighted by atomic mass is 32.2. The van der Waals surface area contributed by atoms with Crippen molar-refractivity contribution in [1.29, 1.82) is 0 Å². The first-order valence-electron chi connectivity index (χ1n) is 5.87. The van der Waals surface area contributed by atoms with E-state index >= 15 is 0 Å². The molecule has 110 valence electrons. The van der Waals surface area contributed by atoms with Crippen molar-refractivity contribution >= 4 is 10.0 Å². The molecule has 0 aliphatic carbocycles. The molecule has 20 heavy (non-hydrogen) atoms. The Bertz CT molecular complexity index is 690. The van der Waals surface area contributed by atoms with Gasteiger partial charge in [0.15, 0.2) is 5.82 Å². The van der Waals surface area contributed by atoms with Gasteiger partial charge in [-0.25, -0.2) is 13.1 Å². The summed E-state index contributed by atoms with van der Waals surface area (Å²) in [4.78, 5) is 3.95. The van der Waals surface area contributed by atoms with Crippen LogP contribution in [0.3, 0.4) is 0 Å². The number of aromatic nitrogens is 4. The van der Waals surface area contributed by atoms with E-state index in [0.717, 1.165) is 0 Å². The second kappa shape index (κ2) is 5.69. The van der Waals surface area contributed by atoms with Gasteiger partial charge in [-0.15, -0.1) is 0 Å². The molecule has 2 rings (SSSR count). The Morgan fingerprint density at radius 2 is 2.15 bits per heavy atom. The number of rotatable bonds is 6. The minimum absolute atomic E-state index is 0.0238. The van der Waals surface area contributed by atoms with Crippen LogP contribution in [0, 0.1) is 13.8 Å². The molecule has 10 heteroatoms. The molecule has 0 amide bonds. The number of hydrogen-bond donors (Lipinski definition) is 3. The van der Waals surface area contributed by atoms with Crippen molar-refractivity contribution in [2.75, 3.05) is 6.54 Å². The topological polar surface area (TPSA) is 134 Å². The average molecular weight is 301 g/mol. The summed E-state index contributed by atoms with van der Waals surface area (Å²) in [6.07, 6.45) is 0.307. The molecule has 0 aliphatic rings. The molecule has 9 nitrogen and oxygen atoms in total. The molecule has 0 unspecified atom stereocenters. The van der Waals surface area contributed by atoms with Gasteiger partial charge >= 0.3 is 0 Å².